The Labute approximate surface area is 122 Å². The van der Waals surface area contributed by atoms with Crippen molar-refractivity contribution in [2.24, 2.45) is 0 Å². The van der Waals surface area contributed by atoms with Crippen LogP contribution < -0.4 is 15.4 Å². The summed E-state index contributed by atoms with van der Waals surface area (Å²) in [4.78, 5) is 12.0. The van der Waals surface area contributed by atoms with E-state index in [4.69, 9.17) is 16.3 Å². The molecule has 0 atom stereocenters. The van der Waals surface area contributed by atoms with Gasteiger partial charge in [0.05, 0.1) is 12.8 Å². The molecule has 0 radical (unpaired) electrons. The number of carbonyl (C=O) groups excluding carboxylic acids is 1. The van der Waals surface area contributed by atoms with E-state index in [-0.39, 0.29) is 6.03 Å². The van der Waals surface area contributed by atoms with Crippen molar-refractivity contribution >= 4 is 29.0 Å². The Morgan fingerprint density at radius 3 is 2.55 bits per heavy atom. The molecule has 104 valence electrons. The Morgan fingerprint density at radius 2 is 1.80 bits per heavy atom. The molecule has 0 aliphatic carbocycles. The molecular weight excluding hydrogens is 276 g/mol. The van der Waals surface area contributed by atoms with E-state index in [1.165, 1.54) is 0 Å². The van der Waals surface area contributed by atoms with Crippen LogP contribution in [0.5, 0.6) is 5.75 Å². The predicted molar refractivity (Wildman–Crippen MR) is 81.8 cm³/mol. The van der Waals surface area contributed by atoms with E-state index >= 15 is 0 Å². The van der Waals surface area contributed by atoms with E-state index in [9.17, 15) is 4.79 Å². The molecule has 4 nitrogen and oxygen atoms in total. The van der Waals surface area contributed by atoms with Crippen LogP contribution in [-0.2, 0) is 0 Å². The van der Waals surface area contributed by atoms with Gasteiger partial charge in [-0.2, -0.15) is 0 Å². The van der Waals surface area contributed by atoms with Gasteiger partial charge in [0.1, 0.15) is 5.75 Å². The number of methoxy groups -OCH3 is 1. The number of benzene rings is 2. The number of halogens is 1. The molecule has 0 aromatic heterocycles. The smallest absolute Gasteiger partial charge is 0.323 e. The third-order valence-electron chi connectivity index (χ3n) is 2.80. The maximum atomic E-state index is 12.0. The van der Waals surface area contributed by atoms with Crippen molar-refractivity contribution in [2.45, 2.75) is 6.92 Å². The van der Waals surface area contributed by atoms with E-state index in [0.29, 0.717) is 22.1 Å². The number of anilines is 2. The third kappa shape index (κ3) is 3.42. The highest BCUT2D eigenvalue weighted by Gasteiger charge is 2.08. The topological polar surface area (TPSA) is 50.4 Å². The average Bonchev–Trinajstić information content (AvgIpc) is 2.43. The van der Waals surface area contributed by atoms with Crippen LogP contribution in [0.2, 0.25) is 5.02 Å². The summed E-state index contributed by atoms with van der Waals surface area (Å²) in [6.45, 7) is 1.90. The highest BCUT2D eigenvalue weighted by molar-refractivity contribution is 6.31. The normalized spacial score (nSPS) is 9.95. The first-order valence-corrected chi connectivity index (χ1v) is 6.45. The molecule has 20 heavy (non-hydrogen) atoms. The van der Waals surface area contributed by atoms with Crippen LogP contribution in [0.3, 0.4) is 0 Å². The zero-order valence-electron chi connectivity index (χ0n) is 11.2. The lowest BCUT2D eigenvalue weighted by Gasteiger charge is -2.12. The average molecular weight is 291 g/mol. The number of nitrogens with one attached hydrogen (secondary N) is 2. The number of para-hydroxylation sites is 2. The third-order valence-corrected chi connectivity index (χ3v) is 3.04. The molecule has 5 heteroatoms. The first-order chi connectivity index (χ1) is 9.60. The molecule has 2 amide bonds. The Hall–Kier alpha value is -2.20. The zero-order chi connectivity index (χ0) is 14.5. The van der Waals surface area contributed by atoms with Crippen LogP contribution in [0.25, 0.3) is 0 Å². The molecule has 0 unspecified atom stereocenters. The summed E-state index contributed by atoms with van der Waals surface area (Å²) in [5.41, 5.74) is 2.21. The molecule has 2 rings (SSSR count). The fraction of sp³-hybridized carbons (Fsp3) is 0.133. The minimum atomic E-state index is -0.347. The Bertz CT molecular complexity index is 629. The Balaban J connectivity index is 2.11. The van der Waals surface area contributed by atoms with Gasteiger partial charge in [-0.1, -0.05) is 29.8 Å². The fourth-order valence-corrected chi connectivity index (χ4v) is 1.92. The molecule has 0 aliphatic heterocycles. The number of amides is 2. The molecule has 0 aliphatic rings. The second kappa shape index (κ2) is 6.30. The largest absolute Gasteiger partial charge is 0.495 e. The fourth-order valence-electron chi connectivity index (χ4n) is 1.75. The molecular formula is C15H15ClN2O2. The second-order valence-electron chi connectivity index (χ2n) is 4.24. The zero-order valence-corrected chi connectivity index (χ0v) is 12.0. The van der Waals surface area contributed by atoms with Crippen LogP contribution in [0.15, 0.2) is 42.5 Å². The van der Waals surface area contributed by atoms with Gasteiger partial charge in [0.15, 0.2) is 0 Å². The molecule has 0 bridgehead atoms. The van der Waals surface area contributed by atoms with Crippen molar-refractivity contribution in [1.82, 2.24) is 0 Å². The van der Waals surface area contributed by atoms with Crippen molar-refractivity contribution in [3.63, 3.8) is 0 Å². The van der Waals surface area contributed by atoms with Crippen molar-refractivity contribution in [3.05, 3.63) is 53.1 Å². The van der Waals surface area contributed by atoms with Gasteiger partial charge >= 0.3 is 6.03 Å². The summed E-state index contributed by atoms with van der Waals surface area (Å²) >= 11 is 5.92. The molecule has 0 heterocycles. The molecule has 0 saturated carbocycles. The van der Waals surface area contributed by atoms with Crippen molar-refractivity contribution < 1.29 is 9.53 Å². The first-order valence-electron chi connectivity index (χ1n) is 6.07. The molecule has 0 saturated heterocycles. The highest BCUT2D eigenvalue weighted by atomic mass is 35.5. The van der Waals surface area contributed by atoms with Gasteiger partial charge in [-0.3, -0.25) is 0 Å². The van der Waals surface area contributed by atoms with E-state index in [1.807, 2.05) is 25.1 Å². The number of aryl methyl sites for hydroxylation is 1. The lowest BCUT2D eigenvalue weighted by molar-refractivity contribution is 0.262. The summed E-state index contributed by atoms with van der Waals surface area (Å²) in [7, 11) is 1.56. The molecule has 2 N–H and O–H groups in total. The lowest BCUT2D eigenvalue weighted by Crippen LogP contribution is -2.20. The van der Waals surface area contributed by atoms with Crippen LogP contribution in [0.1, 0.15) is 5.56 Å². The molecule has 0 spiro atoms. The van der Waals surface area contributed by atoms with Crippen molar-refractivity contribution in [1.29, 1.82) is 0 Å². The van der Waals surface area contributed by atoms with Gasteiger partial charge in [0.25, 0.3) is 0 Å². The van der Waals surface area contributed by atoms with Gasteiger partial charge in [-0.25, -0.2) is 4.79 Å². The number of hydrogen-bond donors (Lipinski definition) is 2. The monoisotopic (exact) mass is 290 g/mol. The summed E-state index contributed by atoms with van der Waals surface area (Å²) < 4.78 is 5.18. The first kappa shape index (κ1) is 14.2. The second-order valence-corrected chi connectivity index (χ2v) is 4.68. The van der Waals surface area contributed by atoms with E-state index in [2.05, 4.69) is 10.6 Å². The van der Waals surface area contributed by atoms with Crippen LogP contribution in [-0.4, -0.2) is 13.1 Å². The van der Waals surface area contributed by atoms with Gasteiger partial charge in [-0.05, 0) is 36.8 Å². The molecule has 2 aromatic carbocycles. The van der Waals surface area contributed by atoms with Crippen molar-refractivity contribution in [3.8, 4) is 5.75 Å². The predicted octanol–water partition coefficient (Wildman–Crippen LogP) is 4.30. The van der Waals surface area contributed by atoms with Crippen LogP contribution in [0, 0.1) is 6.92 Å². The Morgan fingerprint density at radius 1 is 1.10 bits per heavy atom. The summed E-state index contributed by atoms with van der Waals surface area (Å²) in [6, 6.07) is 12.2. The summed E-state index contributed by atoms with van der Waals surface area (Å²) in [5.74, 6) is 0.602. The number of carbonyl (C=O) groups is 1. The van der Waals surface area contributed by atoms with Gasteiger partial charge in [0.2, 0.25) is 0 Å². The van der Waals surface area contributed by atoms with E-state index in [0.717, 1.165) is 5.56 Å². The quantitative estimate of drug-likeness (QED) is 0.885. The summed E-state index contributed by atoms with van der Waals surface area (Å²) in [5, 5.41) is 6.07. The molecule has 0 fully saturated rings. The highest BCUT2D eigenvalue weighted by Crippen LogP contribution is 2.24. The minimum absolute atomic E-state index is 0.347. The standard InChI is InChI=1S/C15H15ClN2O2/c1-10-7-8-11(16)9-13(10)18-15(19)17-12-5-3-4-6-14(12)20-2/h3-9H,1-2H3,(H2,17,18,19). The molecule has 2 aromatic rings. The van der Waals surface area contributed by atoms with E-state index < -0.39 is 0 Å². The maximum Gasteiger partial charge on any atom is 0.323 e. The van der Waals surface area contributed by atoms with Gasteiger partial charge < -0.3 is 15.4 Å². The number of ether oxygens (including phenoxy) is 1. The van der Waals surface area contributed by atoms with Crippen LogP contribution >= 0.6 is 11.6 Å². The van der Waals surface area contributed by atoms with Gasteiger partial charge in [-0.15, -0.1) is 0 Å². The number of rotatable bonds is 3. The summed E-state index contributed by atoms with van der Waals surface area (Å²) in [6.07, 6.45) is 0. The number of hydrogen-bond acceptors (Lipinski definition) is 2. The van der Waals surface area contributed by atoms with Crippen molar-refractivity contribution in [2.75, 3.05) is 17.7 Å². The van der Waals surface area contributed by atoms with Crippen LogP contribution in [0.4, 0.5) is 16.2 Å². The van der Waals surface area contributed by atoms with E-state index in [1.54, 1.807) is 31.4 Å². The van der Waals surface area contributed by atoms with Gasteiger partial charge in [0, 0.05) is 10.7 Å². The lowest BCUT2D eigenvalue weighted by atomic mass is 10.2. The Kier molecular flexibility index (Phi) is 4.48. The number of urea groups is 1. The minimum Gasteiger partial charge on any atom is -0.495 e. The SMILES string of the molecule is COc1ccccc1NC(=O)Nc1cc(Cl)ccc1C. The maximum absolute atomic E-state index is 12.0.